The lowest BCUT2D eigenvalue weighted by atomic mass is 10.1. The van der Waals surface area contributed by atoms with Gasteiger partial charge in [-0.3, -0.25) is 9.88 Å². The van der Waals surface area contributed by atoms with Gasteiger partial charge in [0.15, 0.2) is 0 Å². The number of nitrogens with zero attached hydrogens (tertiary/aromatic N) is 2. The number of aromatic nitrogens is 1. The summed E-state index contributed by atoms with van der Waals surface area (Å²) in [5.41, 5.74) is 0.987. The first-order chi connectivity index (χ1) is 11.8. The van der Waals surface area contributed by atoms with Crippen LogP contribution in [0.25, 0.3) is 0 Å². The molecule has 128 valence electrons. The summed E-state index contributed by atoms with van der Waals surface area (Å²) in [6.07, 6.45) is 4.35. The van der Waals surface area contributed by atoms with Gasteiger partial charge < -0.3 is 9.47 Å². The number of halogens is 1. The second-order valence-corrected chi connectivity index (χ2v) is 6.44. The van der Waals surface area contributed by atoms with Gasteiger partial charge in [0.2, 0.25) is 0 Å². The highest BCUT2D eigenvalue weighted by Crippen LogP contribution is 2.17. The SMILES string of the molecule is Clc1ccc(OCCN2CCCC(OCc3ccccn3)C2)cc1. The summed E-state index contributed by atoms with van der Waals surface area (Å²) in [4.78, 5) is 6.71. The molecule has 1 aromatic carbocycles. The maximum Gasteiger partial charge on any atom is 0.119 e. The van der Waals surface area contributed by atoms with E-state index in [-0.39, 0.29) is 6.10 Å². The minimum atomic E-state index is 0.274. The molecule has 5 heteroatoms. The molecule has 4 nitrogen and oxygen atoms in total. The van der Waals surface area contributed by atoms with Crippen LogP contribution in [0.15, 0.2) is 48.7 Å². The zero-order valence-corrected chi connectivity index (χ0v) is 14.5. The highest BCUT2D eigenvalue weighted by atomic mass is 35.5. The molecule has 1 fully saturated rings. The number of ether oxygens (including phenoxy) is 2. The number of piperidine rings is 1. The highest BCUT2D eigenvalue weighted by Gasteiger charge is 2.20. The Morgan fingerprint density at radius 3 is 2.83 bits per heavy atom. The molecule has 1 atom stereocenters. The normalized spacial score (nSPS) is 18.5. The predicted octanol–water partition coefficient (Wildman–Crippen LogP) is 3.80. The molecular formula is C19H23ClN2O2. The molecule has 0 bridgehead atoms. The number of hydrogen-bond donors (Lipinski definition) is 0. The molecule has 1 saturated heterocycles. The monoisotopic (exact) mass is 346 g/mol. The van der Waals surface area contributed by atoms with Gasteiger partial charge in [-0.1, -0.05) is 17.7 Å². The Morgan fingerprint density at radius 2 is 2.04 bits per heavy atom. The molecule has 0 radical (unpaired) electrons. The molecule has 0 N–H and O–H groups in total. The minimum Gasteiger partial charge on any atom is -0.492 e. The van der Waals surface area contributed by atoms with E-state index in [2.05, 4.69) is 9.88 Å². The second-order valence-electron chi connectivity index (χ2n) is 6.00. The summed E-state index contributed by atoms with van der Waals surface area (Å²) in [5.74, 6) is 0.861. The van der Waals surface area contributed by atoms with Crippen molar-refractivity contribution in [3.8, 4) is 5.75 Å². The molecule has 0 spiro atoms. The number of likely N-dealkylation sites (tertiary alicyclic amines) is 1. The van der Waals surface area contributed by atoms with Crippen molar-refractivity contribution in [3.05, 3.63) is 59.4 Å². The molecule has 1 unspecified atom stereocenters. The minimum absolute atomic E-state index is 0.274. The Labute approximate surface area is 148 Å². The summed E-state index contributed by atoms with van der Waals surface area (Å²) in [5, 5.41) is 0.728. The van der Waals surface area contributed by atoms with Crippen molar-refractivity contribution < 1.29 is 9.47 Å². The lowest BCUT2D eigenvalue weighted by Gasteiger charge is -2.32. The second kappa shape index (κ2) is 9.02. The third-order valence-corrected chi connectivity index (χ3v) is 4.40. The maximum absolute atomic E-state index is 6.02. The van der Waals surface area contributed by atoms with Crippen molar-refractivity contribution in [1.29, 1.82) is 0 Å². The molecule has 1 aliphatic rings. The standard InChI is InChI=1S/C19H23ClN2O2/c20-16-6-8-18(9-7-16)23-13-12-22-11-3-5-19(14-22)24-15-17-4-1-2-10-21-17/h1-2,4,6-10,19H,3,5,11-15H2. The largest absolute Gasteiger partial charge is 0.492 e. The first-order valence-corrected chi connectivity index (χ1v) is 8.79. The molecule has 2 aromatic rings. The average molecular weight is 347 g/mol. The summed E-state index contributed by atoms with van der Waals surface area (Å²) in [7, 11) is 0. The zero-order valence-electron chi connectivity index (χ0n) is 13.7. The van der Waals surface area contributed by atoms with Crippen LogP contribution in [-0.4, -0.2) is 42.2 Å². The molecule has 0 aliphatic carbocycles. The Hall–Kier alpha value is -1.62. The van der Waals surface area contributed by atoms with Crippen molar-refractivity contribution in [2.45, 2.75) is 25.6 Å². The number of pyridine rings is 1. The van der Waals surface area contributed by atoms with E-state index in [1.54, 1.807) is 6.20 Å². The van der Waals surface area contributed by atoms with E-state index >= 15 is 0 Å². The van der Waals surface area contributed by atoms with Crippen molar-refractivity contribution in [2.75, 3.05) is 26.2 Å². The fraction of sp³-hybridized carbons (Fsp3) is 0.421. The van der Waals surface area contributed by atoms with E-state index in [1.807, 2.05) is 42.5 Å². The van der Waals surface area contributed by atoms with Crippen molar-refractivity contribution >= 4 is 11.6 Å². The lowest BCUT2D eigenvalue weighted by molar-refractivity contribution is -0.0135. The first kappa shape index (κ1) is 17.2. The van der Waals surface area contributed by atoms with E-state index in [0.717, 1.165) is 48.9 Å². The van der Waals surface area contributed by atoms with E-state index in [4.69, 9.17) is 21.1 Å². The van der Waals surface area contributed by atoms with Gasteiger partial charge in [0.25, 0.3) is 0 Å². The van der Waals surface area contributed by atoms with Crippen LogP contribution in [0.4, 0.5) is 0 Å². The fourth-order valence-electron chi connectivity index (χ4n) is 2.86. The van der Waals surface area contributed by atoms with Crippen LogP contribution in [0.2, 0.25) is 5.02 Å². The van der Waals surface area contributed by atoms with Gasteiger partial charge in [-0.2, -0.15) is 0 Å². The van der Waals surface area contributed by atoms with Crippen molar-refractivity contribution in [3.63, 3.8) is 0 Å². The number of benzene rings is 1. The third-order valence-electron chi connectivity index (χ3n) is 4.15. The summed E-state index contributed by atoms with van der Waals surface area (Å²) in [6.45, 7) is 4.23. The molecule has 0 saturated carbocycles. The van der Waals surface area contributed by atoms with Gasteiger partial charge in [0.05, 0.1) is 18.4 Å². The molecule has 2 heterocycles. The Bertz CT molecular complexity index is 607. The predicted molar refractivity (Wildman–Crippen MR) is 95.4 cm³/mol. The van der Waals surface area contributed by atoms with Gasteiger partial charge in [-0.25, -0.2) is 0 Å². The van der Waals surface area contributed by atoms with E-state index in [1.165, 1.54) is 0 Å². The molecule has 1 aromatic heterocycles. The maximum atomic E-state index is 6.02. The van der Waals surface area contributed by atoms with Crippen molar-refractivity contribution in [1.82, 2.24) is 9.88 Å². The van der Waals surface area contributed by atoms with Crippen molar-refractivity contribution in [2.24, 2.45) is 0 Å². The molecule has 3 rings (SSSR count). The van der Waals surface area contributed by atoms with Crippen LogP contribution in [0.5, 0.6) is 5.75 Å². The Morgan fingerprint density at radius 1 is 1.17 bits per heavy atom. The van der Waals surface area contributed by atoms with Gasteiger partial charge in [-0.15, -0.1) is 0 Å². The van der Waals surface area contributed by atoms with E-state index < -0.39 is 0 Å². The van der Waals surface area contributed by atoms with Gasteiger partial charge in [0, 0.05) is 24.3 Å². The number of rotatable bonds is 7. The average Bonchev–Trinajstić information content (AvgIpc) is 2.63. The van der Waals surface area contributed by atoms with E-state index in [9.17, 15) is 0 Å². The summed E-state index contributed by atoms with van der Waals surface area (Å²) < 4.78 is 11.8. The fourth-order valence-corrected chi connectivity index (χ4v) is 2.99. The molecule has 1 aliphatic heterocycles. The molecular weight excluding hydrogens is 324 g/mol. The Kier molecular flexibility index (Phi) is 6.47. The zero-order chi connectivity index (χ0) is 16.6. The van der Waals surface area contributed by atoms with Crippen LogP contribution >= 0.6 is 11.6 Å². The van der Waals surface area contributed by atoms with Gasteiger partial charge in [-0.05, 0) is 55.8 Å². The number of hydrogen-bond acceptors (Lipinski definition) is 4. The first-order valence-electron chi connectivity index (χ1n) is 8.42. The topological polar surface area (TPSA) is 34.6 Å². The summed E-state index contributed by atoms with van der Waals surface area (Å²) in [6, 6.07) is 13.4. The molecule has 24 heavy (non-hydrogen) atoms. The summed E-state index contributed by atoms with van der Waals surface area (Å²) >= 11 is 5.88. The van der Waals surface area contributed by atoms with Crippen LogP contribution in [-0.2, 0) is 11.3 Å². The Balaban J connectivity index is 1.38. The van der Waals surface area contributed by atoms with Crippen LogP contribution in [0.3, 0.4) is 0 Å². The van der Waals surface area contributed by atoms with E-state index in [0.29, 0.717) is 13.2 Å². The third kappa shape index (κ3) is 5.48. The van der Waals surface area contributed by atoms with Crippen LogP contribution in [0.1, 0.15) is 18.5 Å². The lowest BCUT2D eigenvalue weighted by Crippen LogP contribution is -2.41. The van der Waals surface area contributed by atoms with Crippen LogP contribution < -0.4 is 4.74 Å². The highest BCUT2D eigenvalue weighted by molar-refractivity contribution is 6.30. The molecule has 0 amide bonds. The van der Waals surface area contributed by atoms with Crippen LogP contribution in [0, 0.1) is 0 Å². The van der Waals surface area contributed by atoms with Gasteiger partial charge >= 0.3 is 0 Å². The quantitative estimate of drug-likeness (QED) is 0.764. The van der Waals surface area contributed by atoms with Gasteiger partial charge in [0.1, 0.15) is 12.4 Å². The smallest absolute Gasteiger partial charge is 0.119 e.